The van der Waals surface area contributed by atoms with Crippen molar-refractivity contribution in [1.82, 2.24) is 9.80 Å². The topological polar surface area (TPSA) is 180 Å². The number of nitrogens with zero attached hydrogens (tertiary/aromatic N) is 2. The largest absolute Gasteiger partial charge is 0.459 e. The summed E-state index contributed by atoms with van der Waals surface area (Å²) >= 11 is 0. The molecule has 6 rings (SSSR count). The molecule has 0 unspecified atom stereocenters. The van der Waals surface area contributed by atoms with Gasteiger partial charge in [-0.3, -0.25) is 9.69 Å². The van der Waals surface area contributed by atoms with E-state index in [4.69, 9.17) is 28.4 Å². The highest BCUT2D eigenvalue weighted by Crippen LogP contribution is 2.56. The van der Waals surface area contributed by atoms with Crippen molar-refractivity contribution < 1.29 is 58.7 Å². The van der Waals surface area contributed by atoms with Crippen LogP contribution < -0.4 is 15.9 Å². The summed E-state index contributed by atoms with van der Waals surface area (Å²) in [6, 6.07) is 32.3. The van der Waals surface area contributed by atoms with Gasteiger partial charge < -0.3 is 58.9 Å². The Morgan fingerprint density at radius 1 is 0.731 bits per heavy atom. The van der Waals surface area contributed by atoms with Crippen LogP contribution in [-0.4, -0.2) is 172 Å². The Labute approximate surface area is 468 Å². The molecule has 0 amide bonds. The molecule has 0 radical (unpaired) electrons. The average molecular weight is 1110 g/mol. The first-order valence-corrected chi connectivity index (χ1v) is 31.2. The third kappa shape index (κ3) is 15.2. The zero-order valence-corrected chi connectivity index (χ0v) is 50.3. The molecule has 3 aromatic rings. The van der Waals surface area contributed by atoms with Crippen LogP contribution >= 0.6 is 7.26 Å². The van der Waals surface area contributed by atoms with Gasteiger partial charge in [0, 0.05) is 38.1 Å². The minimum atomic E-state index is -1.91. The molecule has 78 heavy (non-hydrogen) atoms. The number of aliphatic hydroxyl groups is 5. The SMILES string of the molecule is CC[C@H]1OC(=O)[C@H](C)[C@@H](O[C@H]2C[C@@](C)(OC)[C@@H](O)[C@H](C)O2)[C@H](C)[C@@H](O[C@@H]2O[C@H](C)C[C@H](N(C)C)[C@H]2O)[C@](C)(O)C[C@@H](C)CN(CCCCCCCC[P+](c2ccccc2)(c2ccccc2)c2ccccc2)[C@H](C)[C@@H](O)[C@]1(C)O. The third-order valence-corrected chi connectivity index (χ3v) is 22.3. The van der Waals surface area contributed by atoms with Crippen LogP contribution in [0.2, 0.25) is 0 Å². The molecular formula is C63H100N2O12P+. The van der Waals surface area contributed by atoms with Crippen molar-refractivity contribution in [2.45, 2.75) is 224 Å². The summed E-state index contributed by atoms with van der Waals surface area (Å²) in [5, 5.41) is 64.9. The first kappa shape index (κ1) is 64.3. The molecule has 18 atom stereocenters. The van der Waals surface area contributed by atoms with Crippen LogP contribution in [0.1, 0.15) is 133 Å². The van der Waals surface area contributed by atoms with Crippen LogP contribution in [-0.2, 0) is 33.2 Å². The Morgan fingerprint density at radius 3 is 1.79 bits per heavy atom. The number of benzene rings is 3. The van der Waals surface area contributed by atoms with E-state index < -0.39 is 103 Å². The zero-order chi connectivity index (χ0) is 57.2. The number of cyclic esters (lactones) is 1. The Bertz CT molecular complexity index is 2150. The van der Waals surface area contributed by atoms with E-state index >= 15 is 0 Å². The summed E-state index contributed by atoms with van der Waals surface area (Å²) in [5.74, 6) is -2.68. The smallest absolute Gasteiger partial charge is 0.311 e. The number of aliphatic hydroxyl groups excluding tert-OH is 3. The minimum Gasteiger partial charge on any atom is -0.459 e. The van der Waals surface area contributed by atoms with Gasteiger partial charge in [0.2, 0.25) is 0 Å². The van der Waals surface area contributed by atoms with Gasteiger partial charge in [0.15, 0.2) is 12.6 Å². The van der Waals surface area contributed by atoms with Gasteiger partial charge in [0.05, 0.1) is 47.7 Å². The van der Waals surface area contributed by atoms with Crippen molar-refractivity contribution in [2.24, 2.45) is 17.8 Å². The quantitative estimate of drug-likeness (QED) is 0.0450. The van der Waals surface area contributed by atoms with Crippen LogP contribution in [0.25, 0.3) is 0 Å². The van der Waals surface area contributed by atoms with Gasteiger partial charge in [-0.2, -0.15) is 0 Å². The third-order valence-electron chi connectivity index (χ3n) is 17.8. The van der Waals surface area contributed by atoms with Crippen LogP contribution in [0.15, 0.2) is 91.0 Å². The summed E-state index contributed by atoms with van der Waals surface area (Å²) in [7, 11) is 3.43. The number of unbranched alkanes of at least 4 members (excludes halogenated alkanes) is 5. The molecule has 3 saturated heterocycles. The highest BCUT2D eigenvalue weighted by molar-refractivity contribution is 7.95. The Hall–Kier alpha value is -2.92. The molecule has 0 saturated carbocycles. The highest BCUT2D eigenvalue weighted by atomic mass is 31.2. The van der Waals surface area contributed by atoms with Gasteiger partial charge >= 0.3 is 5.97 Å². The van der Waals surface area contributed by atoms with Gasteiger partial charge in [-0.25, -0.2) is 0 Å². The second kappa shape index (κ2) is 28.4. The number of carbonyl (C=O) groups is 1. The summed E-state index contributed by atoms with van der Waals surface area (Å²) < 4.78 is 38.5. The first-order valence-electron chi connectivity index (χ1n) is 29.2. The van der Waals surface area contributed by atoms with Gasteiger partial charge in [-0.15, -0.1) is 0 Å². The molecule has 5 N–H and O–H groups in total. The van der Waals surface area contributed by atoms with Crippen molar-refractivity contribution in [3.8, 4) is 0 Å². The van der Waals surface area contributed by atoms with E-state index in [0.717, 1.165) is 44.7 Å². The number of rotatable bonds is 19. The lowest BCUT2D eigenvalue weighted by molar-refractivity contribution is -0.318. The van der Waals surface area contributed by atoms with Crippen molar-refractivity contribution in [3.05, 3.63) is 91.0 Å². The minimum absolute atomic E-state index is 0.123. The second-order valence-corrected chi connectivity index (χ2v) is 28.0. The molecule has 14 nitrogen and oxygen atoms in total. The van der Waals surface area contributed by atoms with Crippen molar-refractivity contribution >= 4 is 29.1 Å². The fourth-order valence-electron chi connectivity index (χ4n) is 13.2. The predicted molar refractivity (Wildman–Crippen MR) is 311 cm³/mol. The van der Waals surface area contributed by atoms with E-state index in [1.54, 1.807) is 34.6 Å². The van der Waals surface area contributed by atoms with Gasteiger partial charge in [-0.1, -0.05) is 94.6 Å². The van der Waals surface area contributed by atoms with Crippen molar-refractivity contribution in [1.29, 1.82) is 0 Å². The maximum atomic E-state index is 14.7. The van der Waals surface area contributed by atoms with E-state index in [2.05, 4.69) is 103 Å². The molecule has 0 bridgehead atoms. The normalized spacial score (nSPS) is 37.1. The number of likely N-dealkylation sites (N-methyl/N-ethyl adjacent to an activating group) is 1. The lowest BCUT2D eigenvalue weighted by Gasteiger charge is -2.48. The van der Waals surface area contributed by atoms with Gasteiger partial charge in [-0.05, 0) is 150 Å². The Balaban J connectivity index is 1.24. The molecule has 3 aliphatic heterocycles. The molecular weight excluding hydrogens is 1010 g/mol. The number of methoxy groups -OCH3 is 1. The first-order chi connectivity index (χ1) is 36.9. The fourth-order valence-corrected chi connectivity index (χ4v) is 17.6. The lowest BCUT2D eigenvalue weighted by Crippen LogP contribution is -2.60. The fraction of sp³-hybridized carbons (Fsp3) is 0.698. The average Bonchev–Trinajstić information content (AvgIpc) is 3.62. The zero-order valence-electron chi connectivity index (χ0n) is 49.4. The standard InChI is InChI=1S/C63H100N2O12P/c1-14-52-63(10,71)56(67)46(6)65(36-28-17-15-16-18-29-37-78(48-30-22-19-23-31-48,49-32-24-20-25-33-49)50-34-26-21-27-35-50)41-42(2)39-61(8,70)58(77-60-54(66)51(64(11)12)38-43(3)73-60)44(4)55(45(5)59(69)75-52)76-53-40-62(9,72-13)57(68)47(7)74-53/h19-27,30-35,42-47,51-58,60,66-68,70-71H,14-18,28-29,36-41H2,1-13H3/q+1/t42-,43-,44+,45-,46-,47+,51+,52-,53+,54-,55+,56-,57+,58-,60+,61-,62-,63-/m1/s1. The van der Waals surface area contributed by atoms with Crippen molar-refractivity contribution in [2.75, 3.05) is 40.5 Å². The number of carbonyl (C=O) groups excluding carboxylic acids is 1. The summed E-state index contributed by atoms with van der Waals surface area (Å²) in [6.45, 7) is 19.2. The molecule has 3 fully saturated rings. The van der Waals surface area contributed by atoms with E-state index in [1.807, 2.05) is 46.7 Å². The van der Waals surface area contributed by atoms with Crippen molar-refractivity contribution in [3.63, 3.8) is 0 Å². The number of ether oxygens (including phenoxy) is 6. The monoisotopic (exact) mass is 1110 g/mol. The van der Waals surface area contributed by atoms with Crippen LogP contribution in [0.4, 0.5) is 0 Å². The number of esters is 1. The summed E-state index contributed by atoms with van der Waals surface area (Å²) in [6.07, 6.45) is -1.27. The van der Waals surface area contributed by atoms with E-state index in [0.29, 0.717) is 19.5 Å². The number of hydrogen-bond acceptors (Lipinski definition) is 14. The molecule has 0 aliphatic carbocycles. The summed E-state index contributed by atoms with van der Waals surface area (Å²) in [4.78, 5) is 18.9. The van der Waals surface area contributed by atoms with E-state index in [-0.39, 0.29) is 37.3 Å². The highest BCUT2D eigenvalue weighted by Gasteiger charge is 2.53. The van der Waals surface area contributed by atoms with Crippen LogP contribution in [0, 0.1) is 17.8 Å². The van der Waals surface area contributed by atoms with E-state index in [1.165, 1.54) is 23.0 Å². The van der Waals surface area contributed by atoms with Gasteiger partial charge in [0.1, 0.15) is 53.2 Å². The summed E-state index contributed by atoms with van der Waals surface area (Å²) in [5.41, 5.74) is -4.50. The Morgan fingerprint density at radius 2 is 1.27 bits per heavy atom. The molecule has 438 valence electrons. The maximum Gasteiger partial charge on any atom is 0.311 e. The molecule has 3 aliphatic rings. The van der Waals surface area contributed by atoms with Crippen LogP contribution in [0.5, 0.6) is 0 Å². The molecule has 0 spiro atoms. The van der Waals surface area contributed by atoms with E-state index in [9.17, 15) is 30.3 Å². The predicted octanol–water partition coefficient (Wildman–Crippen LogP) is 7.61. The van der Waals surface area contributed by atoms with Crippen LogP contribution in [0.3, 0.4) is 0 Å². The molecule has 0 aromatic heterocycles. The Kier molecular flexibility index (Phi) is 23.4. The second-order valence-electron chi connectivity index (χ2n) is 24.4. The molecule has 15 heteroatoms. The number of hydrogen-bond donors (Lipinski definition) is 5. The lowest BCUT2D eigenvalue weighted by atomic mass is 9.77. The maximum absolute atomic E-state index is 14.7. The van der Waals surface area contributed by atoms with Gasteiger partial charge in [0.25, 0.3) is 0 Å². The molecule has 3 heterocycles. The molecule has 3 aromatic carbocycles.